The van der Waals surface area contributed by atoms with E-state index in [0.29, 0.717) is 10.7 Å². The molecular weight excluding hydrogens is 384 g/mol. The van der Waals surface area contributed by atoms with E-state index in [1.54, 1.807) is 24.7 Å². The molecule has 7 nitrogen and oxygen atoms in total. The van der Waals surface area contributed by atoms with E-state index in [4.69, 9.17) is 5.26 Å². The summed E-state index contributed by atoms with van der Waals surface area (Å²) in [6, 6.07) is 11.4. The number of nitriles is 1. The number of hydrogen-bond acceptors (Lipinski definition) is 7. The van der Waals surface area contributed by atoms with E-state index in [1.807, 2.05) is 24.3 Å². The van der Waals surface area contributed by atoms with E-state index in [2.05, 4.69) is 31.2 Å². The lowest BCUT2D eigenvalue weighted by Crippen LogP contribution is -2.38. The van der Waals surface area contributed by atoms with Crippen LogP contribution < -0.4 is 10.2 Å². The molecule has 1 aliphatic heterocycles. The van der Waals surface area contributed by atoms with Gasteiger partial charge in [0.05, 0.1) is 11.6 Å². The molecule has 8 heteroatoms. The van der Waals surface area contributed by atoms with Crippen LogP contribution in [0.1, 0.15) is 28.8 Å². The Labute approximate surface area is 173 Å². The highest BCUT2D eigenvalue weighted by molar-refractivity contribution is 7.15. The summed E-state index contributed by atoms with van der Waals surface area (Å²) < 4.78 is 0. The lowest BCUT2D eigenvalue weighted by atomic mass is 9.96. The summed E-state index contributed by atoms with van der Waals surface area (Å²) in [5.41, 5.74) is 1.76. The van der Waals surface area contributed by atoms with Gasteiger partial charge in [0.2, 0.25) is 11.9 Å². The number of piperidine rings is 1. The highest BCUT2D eigenvalue weighted by Gasteiger charge is 2.26. The number of hydrogen-bond donors (Lipinski definition) is 1. The zero-order chi connectivity index (χ0) is 20.1. The van der Waals surface area contributed by atoms with Crippen LogP contribution in [-0.2, 0) is 11.2 Å². The first-order valence-electron chi connectivity index (χ1n) is 9.48. The highest BCUT2D eigenvalue weighted by atomic mass is 32.1. The number of carbonyl (C=O) groups excluding carboxylic acids is 1. The molecule has 1 saturated heterocycles. The second-order valence-corrected chi connectivity index (χ2v) is 8.03. The van der Waals surface area contributed by atoms with Gasteiger partial charge in [-0.25, -0.2) is 15.0 Å². The fourth-order valence-corrected chi connectivity index (χ4v) is 4.20. The molecule has 1 aliphatic rings. The minimum absolute atomic E-state index is 0.0258. The van der Waals surface area contributed by atoms with Gasteiger partial charge in [0.15, 0.2) is 5.13 Å². The second kappa shape index (κ2) is 8.80. The number of thiazole rings is 1. The number of rotatable bonds is 5. The standard InChI is InChI=1S/C21H20N6OS/c22-13-16-4-2-15(3-5-16)12-18-14-25-21(29-18)26-19(28)17-6-10-27(11-7-17)20-23-8-1-9-24-20/h1-5,8-9,14,17H,6-7,10-12H2,(H,25,26,28). The Morgan fingerprint density at radius 2 is 1.90 bits per heavy atom. The van der Waals surface area contributed by atoms with Crippen LogP contribution in [0.4, 0.5) is 11.1 Å². The Morgan fingerprint density at radius 3 is 2.59 bits per heavy atom. The van der Waals surface area contributed by atoms with Gasteiger partial charge >= 0.3 is 0 Å². The maximum Gasteiger partial charge on any atom is 0.229 e. The number of anilines is 2. The Kier molecular flexibility index (Phi) is 5.77. The van der Waals surface area contributed by atoms with Crippen molar-refractivity contribution in [2.24, 2.45) is 5.92 Å². The molecule has 0 saturated carbocycles. The molecular formula is C21H20N6OS. The van der Waals surface area contributed by atoms with Gasteiger partial charge in [0.25, 0.3) is 0 Å². The number of nitrogens with zero attached hydrogens (tertiary/aromatic N) is 5. The molecule has 0 spiro atoms. The molecule has 1 aromatic carbocycles. The summed E-state index contributed by atoms with van der Waals surface area (Å²) in [5, 5.41) is 12.5. The first-order chi connectivity index (χ1) is 14.2. The van der Waals surface area contributed by atoms with Gasteiger partial charge in [0, 0.05) is 48.9 Å². The Morgan fingerprint density at radius 1 is 1.17 bits per heavy atom. The Hall–Kier alpha value is -3.31. The van der Waals surface area contributed by atoms with Crippen molar-refractivity contribution in [2.45, 2.75) is 19.3 Å². The van der Waals surface area contributed by atoms with Gasteiger partial charge in [-0.3, -0.25) is 4.79 Å². The third-order valence-corrected chi connectivity index (χ3v) is 5.86. The molecule has 1 N–H and O–H groups in total. The van der Waals surface area contributed by atoms with Crippen LogP contribution in [0.15, 0.2) is 48.9 Å². The molecule has 2 aromatic heterocycles. The summed E-state index contributed by atoms with van der Waals surface area (Å²) in [5.74, 6) is 0.720. The van der Waals surface area contributed by atoms with Gasteiger partial charge in [-0.05, 0) is 36.6 Å². The van der Waals surface area contributed by atoms with Gasteiger partial charge in [-0.2, -0.15) is 5.26 Å². The van der Waals surface area contributed by atoms with E-state index in [9.17, 15) is 4.79 Å². The molecule has 4 rings (SSSR count). The lowest BCUT2D eigenvalue weighted by molar-refractivity contribution is -0.120. The zero-order valence-electron chi connectivity index (χ0n) is 15.8. The third-order valence-electron chi connectivity index (χ3n) is 4.95. The van der Waals surface area contributed by atoms with Crippen molar-refractivity contribution in [1.82, 2.24) is 15.0 Å². The quantitative estimate of drug-likeness (QED) is 0.701. The predicted molar refractivity (Wildman–Crippen MR) is 112 cm³/mol. The van der Waals surface area contributed by atoms with Crippen LogP contribution in [0.5, 0.6) is 0 Å². The van der Waals surface area contributed by atoms with E-state index in [1.165, 1.54) is 11.3 Å². The largest absolute Gasteiger partial charge is 0.341 e. The molecule has 0 bridgehead atoms. The first-order valence-corrected chi connectivity index (χ1v) is 10.3. The molecule has 3 aromatic rings. The van der Waals surface area contributed by atoms with Crippen molar-refractivity contribution in [3.8, 4) is 6.07 Å². The monoisotopic (exact) mass is 404 g/mol. The highest BCUT2D eigenvalue weighted by Crippen LogP contribution is 2.25. The van der Waals surface area contributed by atoms with Gasteiger partial charge < -0.3 is 10.2 Å². The summed E-state index contributed by atoms with van der Waals surface area (Å²) in [6.07, 6.45) is 7.54. The van der Waals surface area contributed by atoms with Crippen molar-refractivity contribution in [3.05, 3.63) is 64.9 Å². The normalized spacial score (nSPS) is 14.4. The molecule has 0 atom stereocenters. The number of benzene rings is 1. The molecule has 29 heavy (non-hydrogen) atoms. The zero-order valence-corrected chi connectivity index (χ0v) is 16.6. The first kappa shape index (κ1) is 19.0. The van der Waals surface area contributed by atoms with Crippen molar-refractivity contribution in [2.75, 3.05) is 23.3 Å². The van der Waals surface area contributed by atoms with Gasteiger partial charge in [-0.15, -0.1) is 11.3 Å². The molecule has 0 radical (unpaired) electrons. The number of amides is 1. The maximum absolute atomic E-state index is 12.6. The van der Waals surface area contributed by atoms with Crippen LogP contribution in [0.25, 0.3) is 0 Å². The van der Waals surface area contributed by atoms with E-state index in [0.717, 1.165) is 48.7 Å². The second-order valence-electron chi connectivity index (χ2n) is 6.92. The lowest BCUT2D eigenvalue weighted by Gasteiger charge is -2.30. The third kappa shape index (κ3) is 4.76. The molecule has 0 aliphatic carbocycles. The average molecular weight is 404 g/mol. The van der Waals surface area contributed by atoms with Crippen LogP contribution in [0.2, 0.25) is 0 Å². The SMILES string of the molecule is N#Cc1ccc(Cc2cnc(NC(=O)C3CCN(c4ncccn4)CC3)s2)cc1. The fraction of sp³-hybridized carbons (Fsp3) is 0.286. The summed E-state index contributed by atoms with van der Waals surface area (Å²) in [7, 11) is 0. The molecule has 146 valence electrons. The summed E-state index contributed by atoms with van der Waals surface area (Å²) in [4.78, 5) is 28.7. The number of nitrogens with one attached hydrogen (secondary N) is 1. The number of aromatic nitrogens is 3. The number of carbonyl (C=O) groups is 1. The Balaban J connectivity index is 1.29. The van der Waals surface area contributed by atoms with Crippen LogP contribution >= 0.6 is 11.3 Å². The molecule has 1 fully saturated rings. The topological polar surface area (TPSA) is 94.8 Å². The van der Waals surface area contributed by atoms with E-state index in [-0.39, 0.29) is 11.8 Å². The van der Waals surface area contributed by atoms with Crippen molar-refractivity contribution >= 4 is 28.3 Å². The van der Waals surface area contributed by atoms with Crippen LogP contribution in [0.3, 0.4) is 0 Å². The minimum Gasteiger partial charge on any atom is -0.341 e. The maximum atomic E-state index is 12.6. The molecule has 0 unspecified atom stereocenters. The molecule has 3 heterocycles. The van der Waals surface area contributed by atoms with Gasteiger partial charge in [0.1, 0.15) is 0 Å². The fourth-order valence-electron chi connectivity index (χ4n) is 3.35. The van der Waals surface area contributed by atoms with E-state index >= 15 is 0 Å². The minimum atomic E-state index is -0.0270. The van der Waals surface area contributed by atoms with Crippen molar-refractivity contribution in [3.63, 3.8) is 0 Å². The van der Waals surface area contributed by atoms with E-state index < -0.39 is 0 Å². The summed E-state index contributed by atoms with van der Waals surface area (Å²) in [6.45, 7) is 1.54. The van der Waals surface area contributed by atoms with Crippen LogP contribution in [0, 0.1) is 17.2 Å². The van der Waals surface area contributed by atoms with Crippen molar-refractivity contribution < 1.29 is 4.79 Å². The average Bonchev–Trinajstić information content (AvgIpc) is 3.21. The summed E-state index contributed by atoms with van der Waals surface area (Å²) >= 11 is 1.49. The Bertz CT molecular complexity index is 1000. The molecule has 1 amide bonds. The van der Waals surface area contributed by atoms with Crippen LogP contribution in [-0.4, -0.2) is 33.9 Å². The smallest absolute Gasteiger partial charge is 0.229 e. The van der Waals surface area contributed by atoms with Gasteiger partial charge in [-0.1, -0.05) is 12.1 Å². The van der Waals surface area contributed by atoms with Crippen molar-refractivity contribution in [1.29, 1.82) is 5.26 Å². The predicted octanol–water partition coefficient (Wildman–Crippen LogP) is 3.25.